The standard InChI is InChI=1S/C19H21ClN2O5S/c1-26-18-8-7-16(28(24,25)21-12-15-6-3-9-27-15)11-17(18)22-19(23)13-4-2-5-14(20)10-13/h2,4-5,7-8,10-11,15,21H,3,6,9,12H2,1H3,(H,22,23)/t15-/m0/s1. The van der Waals surface area contributed by atoms with E-state index in [0.29, 0.717) is 22.9 Å². The van der Waals surface area contributed by atoms with Gasteiger partial charge in [0.1, 0.15) is 5.75 Å². The van der Waals surface area contributed by atoms with E-state index in [2.05, 4.69) is 10.0 Å². The van der Waals surface area contributed by atoms with E-state index >= 15 is 0 Å². The highest BCUT2D eigenvalue weighted by Gasteiger charge is 2.22. The Morgan fingerprint density at radius 2 is 2.11 bits per heavy atom. The highest BCUT2D eigenvalue weighted by atomic mass is 35.5. The van der Waals surface area contributed by atoms with Crippen LogP contribution >= 0.6 is 11.6 Å². The predicted octanol–water partition coefficient (Wildman–Crippen LogP) is 3.06. The van der Waals surface area contributed by atoms with Gasteiger partial charge in [-0.15, -0.1) is 0 Å². The van der Waals surface area contributed by atoms with Gasteiger partial charge in [-0.3, -0.25) is 4.79 Å². The Labute approximate surface area is 169 Å². The van der Waals surface area contributed by atoms with Crippen molar-refractivity contribution in [3.8, 4) is 5.75 Å². The zero-order valence-corrected chi connectivity index (χ0v) is 16.8. The summed E-state index contributed by atoms with van der Waals surface area (Å²) >= 11 is 5.92. The Balaban J connectivity index is 1.80. The third kappa shape index (κ3) is 5.02. The number of anilines is 1. The summed E-state index contributed by atoms with van der Waals surface area (Å²) in [5, 5.41) is 3.10. The van der Waals surface area contributed by atoms with Crippen LogP contribution in [-0.4, -0.2) is 40.7 Å². The zero-order valence-electron chi connectivity index (χ0n) is 15.3. The third-order valence-corrected chi connectivity index (χ3v) is 6.00. The van der Waals surface area contributed by atoms with Crippen LogP contribution in [0.5, 0.6) is 5.75 Å². The Hall–Kier alpha value is -2.13. The van der Waals surface area contributed by atoms with E-state index in [0.717, 1.165) is 12.8 Å². The van der Waals surface area contributed by atoms with Crippen LogP contribution in [-0.2, 0) is 14.8 Å². The van der Waals surface area contributed by atoms with E-state index < -0.39 is 15.9 Å². The molecule has 2 aromatic carbocycles. The topological polar surface area (TPSA) is 93.7 Å². The molecule has 150 valence electrons. The normalized spacial score (nSPS) is 16.7. The molecule has 1 atom stereocenters. The lowest BCUT2D eigenvalue weighted by Crippen LogP contribution is -2.31. The summed E-state index contributed by atoms with van der Waals surface area (Å²) in [6, 6.07) is 10.7. The number of methoxy groups -OCH3 is 1. The minimum atomic E-state index is -3.76. The largest absolute Gasteiger partial charge is 0.495 e. The van der Waals surface area contributed by atoms with Crippen LogP contribution in [0.3, 0.4) is 0 Å². The van der Waals surface area contributed by atoms with E-state index in [4.69, 9.17) is 21.1 Å². The monoisotopic (exact) mass is 424 g/mol. The summed E-state index contributed by atoms with van der Waals surface area (Å²) in [6.07, 6.45) is 1.63. The van der Waals surface area contributed by atoms with E-state index in [1.165, 1.54) is 31.4 Å². The highest BCUT2D eigenvalue weighted by molar-refractivity contribution is 7.89. The van der Waals surface area contributed by atoms with Crippen molar-refractivity contribution in [2.24, 2.45) is 0 Å². The van der Waals surface area contributed by atoms with Crippen LogP contribution in [0.4, 0.5) is 5.69 Å². The summed E-state index contributed by atoms with van der Waals surface area (Å²) in [5.74, 6) is -0.0869. The fourth-order valence-electron chi connectivity index (χ4n) is 2.87. The Morgan fingerprint density at radius 3 is 2.79 bits per heavy atom. The molecule has 1 saturated heterocycles. The number of amides is 1. The van der Waals surface area contributed by atoms with Gasteiger partial charge in [0.15, 0.2) is 0 Å². The molecule has 0 saturated carbocycles. The summed E-state index contributed by atoms with van der Waals surface area (Å²) in [6.45, 7) is 0.854. The molecule has 1 heterocycles. The van der Waals surface area contributed by atoms with Gasteiger partial charge in [-0.25, -0.2) is 13.1 Å². The molecular weight excluding hydrogens is 404 g/mol. The van der Waals surface area contributed by atoms with Crippen molar-refractivity contribution < 1.29 is 22.7 Å². The van der Waals surface area contributed by atoms with Crippen molar-refractivity contribution >= 4 is 33.2 Å². The number of hydrogen-bond donors (Lipinski definition) is 2. The molecular formula is C19H21ClN2O5S. The maximum atomic E-state index is 12.6. The van der Waals surface area contributed by atoms with Gasteiger partial charge < -0.3 is 14.8 Å². The minimum absolute atomic E-state index is 0.0210. The quantitative estimate of drug-likeness (QED) is 0.712. The molecule has 3 rings (SSSR count). The van der Waals surface area contributed by atoms with Gasteiger partial charge in [0.2, 0.25) is 10.0 Å². The molecule has 0 radical (unpaired) electrons. The maximum Gasteiger partial charge on any atom is 0.255 e. The molecule has 28 heavy (non-hydrogen) atoms. The lowest BCUT2D eigenvalue weighted by molar-refractivity contribution is 0.102. The fourth-order valence-corrected chi connectivity index (χ4v) is 4.15. The SMILES string of the molecule is COc1ccc(S(=O)(=O)NC[C@@H]2CCCO2)cc1NC(=O)c1cccc(Cl)c1. The number of hydrogen-bond acceptors (Lipinski definition) is 5. The molecule has 7 nitrogen and oxygen atoms in total. The molecule has 1 fully saturated rings. The van der Waals surface area contributed by atoms with E-state index in [9.17, 15) is 13.2 Å². The lowest BCUT2D eigenvalue weighted by atomic mass is 10.2. The number of rotatable bonds is 7. The van der Waals surface area contributed by atoms with Crippen LogP contribution in [0, 0.1) is 0 Å². The third-order valence-electron chi connectivity index (χ3n) is 4.34. The Morgan fingerprint density at radius 1 is 1.29 bits per heavy atom. The van der Waals surface area contributed by atoms with Crippen molar-refractivity contribution in [3.63, 3.8) is 0 Å². The second-order valence-corrected chi connectivity index (χ2v) is 8.52. The predicted molar refractivity (Wildman–Crippen MR) is 107 cm³/mol. The summed E-state index contributed by atoms with van der Waals surface area (Å²) in [4.78, 5) is 12.5. The van der Waals surface area contributed by atoms with Gasteiger partial charge in [-0.1, -0.05) is 17.7 Å². The van der Waals surface area contributed by atoms with Crippen molar-refractivity contribution in [2.75, 3.05) is 25.6 Å². The molecule has 1 aliphatic heterocycles. The first-order chi connectivity index (χ1) is 13.4. The molecule has 0 bridgehead atoms. The van der Waals surface area contributed by atoms with Crippen LogP contribution in [0.25, 0.3) is 0 Å². The number of carbonyl (C=O) groups is 1. The van der Waals surface area contributed by atoms with Crippen LogP contribution in [0.2, 0.25) is 5.02 Å². The molecule has 2 aromatic rings. The van der Waals surface area contributed by atoms with Crippen molar-refractivity contribution in [3.05, 3.63) is 53.1 Å². The molecule has 2 N–H and O–H groups in total. The van der Waals surface area contributed by atoms with E-state index in [1.807, 2.05) is 0 Å². The molecule has 0 aromatic heterocycles. The molecule has 0 aliphatic carbocycles. The van der Waals surface area contributed by atoms with Crippen molar-refractivity contribution in [1.82, 2.24) is 4.72 Å². The van der Waals surface area contributed by atoms with Gasteiger partial charge in [-0.2, -0.15) is 0 Å². The maximum absolute atomic E-state index is 12.6. The zero-order chi connectivity index (χ0) is 20.1. The molecule has 0 spiro atoms. The van der Waals surface area contributed by atoms with Crippen LogP contribution in [0.1, 0.15) is 23.2 Å². The number of sulfonamides is 1. The van der Waals surface area contributed by atoms with Crippen LogP contribution in [0.15, 0.2) is 47.4 Å². The Kier molecular flexibility index (Phi) is 6.56. The van der Waals surface area contributed by atoms with Crippen molar-refractivity contribution in [1.29, 1.82) is 0 Å². The highest BCUT2D eigenvalue weighted by Crippen LogP contribution is 2.28. The van der Waals surface area contributed by atoms with E-state index in [1.54, 1.807) is 18.2 Å². The average Bonchev–Trinajstić information content (AvgIpc) is 3.20. The fraction of sp³-hybridized carbons (Fsp3) is 0.316. The number of benzene rings is 2. The van der Waals surface area contributed by atoms with Gasteiger partial charge in [0.05, 0.1) is 23.8 Å². The number of ether oxygens (including phenoxy) is 2. The number of nitrogens with one attached hydrogen (secondary N) is 2. The lowest BCUT2D eigenvalue weighted by Gasteiger charge is -2.14. The van der Waals surface area contributed by atoms with Gasteiger partial charge in [0.25, 0.3) is 5.91 Å². The van der Waals surface area contributed by atoms with Crippen molar-refractivity contribution in [2.45, 2.75) is 23.8 Å². The van der Waals surface area contributed by atoms with E-state index in [-0.39, 0.29) is 23.2 Å². The number of carbonyl (C=O) groups excluding carboxylic acids is 1. The molecule has 0 unspecified atom stereocenters. The van der Waals surface area contributed by atoms with Crippen LogP contribution < -0.4 is 14.8 Å². The average molecular weight is 425 g/mol. The van der Waals surface area contributed by atoms with Gasteiger partial charge in [-0.05, 0) is 49.2 Å². The Bertz CT molecular complexity index is 959. The summed E-state index contributed by atoms with van der Waals surface area (Å²) < 4.78 is 38.4. The second-order valence-electron chi connectivity index (χ2n) is 6.31. The van der Waals surface area contributed by atoms with Gasteiger partial charge >= 0.3 is 0 Å². The summed E-state index contributed by atoms with van der Waals surface area (Å²) in [7, 11) is -2.32. The molecule has 1 aliphatic rings. The molecule has 9 heteroatoms. The second kappa shape index (κ2) is 8.91. The first kappa shape index (κ1) is 20.6. The minimum Gasteiger partial charge on any atom is -0.495 e. The first-order valence-electron chi connectivity index (χ1n) is 8.75. The molecule has 1 amide bonds. The van der Waals surface area contributed by atoms with Gasteiger partial charge in [0, 0.05) is 23.7 Å². The summed E-state index contributed by atoms with van der Waals surface area (Å²) in [5.41, 5.74) is 0.590. The smallest absolute Gasteiger partial charge is 0.255 e. The first-order valence-corrected chi connectivity index (χ1v) is 10.6. The number of halogens is 1.